The summed E-state index contributed by atoms with van der Waals surface area (Å²) in [7, 11) is -2.90. The molecule has 2 aromatic rings. The number of benzene rings is 2. The van der Waals surface area contributed by atoms with Gasteiger partial charge in [0.25, 0.3) is 8.32 Å². The lowest BCUT2D eigenvalue weighted by molar-refractivity contribution is -0.141. The minimum Gasteiger partial charge on any atom is -0.466 e. The van der Waals surface area contributed by atoms with Gasteiger partial charge in [0.1, 0.15) is 0 Å². The lowest BCUT2D eigenvalue weighted by atomic mass is 9.97. The Balaban J connectivity index is 2.03. The van der Waals surface area contributed by atoms with Gasteiger partial charge in [-0.3, -0.25) is 4.79 Å². The lowest BCUT2D eigenvalue weighted by Crippen LogP contribution is -2.65. The molecule has 0 bridgehead atoms. The van der Waals surface area contributed by atoms with Crippen LogP contribution in [0.5, 0.6) is 0 Å². The molecule has 2 rings (SSSR count). The van der Waals surface area contributed by atoms with E-state index in [4.69, 9.17) is 4.74 Å². The van der Waals surface area contributed by atoms with Gasteiger partial charge >= 0.3 is 5.97 Å². The first-order valence-electron chi connectivity index (χ1n) is 10.7. The zero-order valence-electron chi connectivity index (χ0n) is 18.4. The van der Waals surface area contributed by atoms with E-state index in [1.165, 1.54) is 6.92 Å². The SMILES string of the molecule is CC(=O)OCC[C@@H](C)CCCCC(C)(C)[Si](O)(c1ccccc1)c1ccccc1. The van der Waals surface area contributed by atoms with Gasteiger partial charge in [0.2, 0.25) is 0 Å². The van der Waals surface area contributed by atoms with E-state index < -0.39 is 8.32 Å². The molecule has 0 saturated carbocycles. The number of ether oxygens (including phenoxy) is 1. The Morgan fingerprint density at radius 3 is 1.97 bits per heavy atom. The molecule has 2 aromatic carbocycles. The molecule has 0 spiro atoms. The molecular formula is C25H36O3Si. The van der Waals surface area contributed by atoms with E-state index in [0.29, 0.717) is 12.5 Å². The molecule has 0 amide bonds. The van der Waals surface area contributed by atoms with Crippen LogP contribution in [-0.4, -0.2) is 25.7 Å². The van der Waals surface area contributed by atoms with Crippen LogP contribution in [0.25, 0.3) is 0 Å². The van der Waals surface area contributed by atoms with Crippen LogP contribution in [0.2, 0.25) is 5.04 Å². The molecule has 0 aromatic heterocycles. The Kier molecular flexibility index (Phi) is 8.66. The summed E-state index contributed by atoms with van der Waals surface area (Å²) in [6.45, 7) is 8.63. The highest BCUT2D eigenvalue weighted by atomic mass is 28.4. The number of esters is 1. The van der Waals surface area contributed by atoms with Crippen LogP contribution in [0, 0.1) is 5.92 Å². The predicted octanol–water partition coefficient (Wildman–Crippen LogP) is 4.67. The van der Waals surface area contributed by atoms with E-state index in [1.807, 2.05) is 36.4 Å². The van der Waals surface area contributed by atoms with Gasteiger partial charge in [-0.25, -0.2) is 0 Å². The molecule has 0 heterocycles. The van der Waals surface area contributed by atoms with E-state index in [2.05, 4.69) is 45.0 Å². The van der Waals surface area contributed by atoms with Crippen LogP contribution >= 0.6 is 0 Å². The van der Waals surface area contributed by atoms with E-state index in [1.54, 1.807) is 0 Å². The first-order chi connectivity index (χ1) is 13.8. The van der Waals surface area contributed by atoms with E-state index in [-0.39, 0.29) is 11.0 Å². The van der Waals surface area contributed by atoms with Crippen LogP contribution in [0.15, 0.2) is 60.7 Å². The maximum atomic E-state index is 12.1. The average molecular weight is 413 g/mol. The summed E-state index contributed by atoms with van der Waals surface area (Å²) in [6.07, 6.45) is 5.22. The molecule has 0 unspecified atom stereocenters. The smallest absolute Gasteiger partial charge is 0.302 e. The maximum Gasteiger partial charge on any atom is 0.302 e. The van der Waals surface area contributed by atoms with Crippen LogP contribution in [0.4, 0.5) is 0 Å². The van der Waals surface area contributed by atoms with Crippen molar-refractivity contribution < 1.29 is 14.3 Å². The molecule has 158 valence electrons. The van der Waals surface area contributed by atoms with Crippen LogP contribution < -0.4 is 10.4 Å². The van der Waals surface area contributed by atoms with Crippen molar-refractivity contribution in [1.82, 2.24) is 0 Å². The molecule has 0 radical (unpaired) electrons. The van der Waals surface area contributed by atoms with Crippen LogP contribution in [0.3, 0.4) is 0 Å². The summed E-state index contributed by atoms with van der Waals surface area (Å²) in [5, 5.41) is 1.97. The van der Waals surface area contributed by atoms with E-state index >= 15 is 0 Å². The van der Waals surface area contributed by atoms with Crippen molar-refractivity contribution in [3.05, 3.63) is 60.7 Å². The van der Waals surface area contributed by atoms with Crippen molar-refractivity contribution in [3.8, 4) is 0 Å². The Morgan fingerprint density at radius 2 is 1.48 bits per heavy atom. The fourth-order valence-corrected chi connectivity index (χ4v) is 7.88. The summed E-state index contributed by atoms with van der Waals surface area (Å²) < 4.78 is 5.05. The van der Waals surface area contributed by atoms with E-state index in [0.717, 1.165) is 42.5 Å². The summed E-state index contributed by atoms with van der Waals surface area (Å²) in [5.74, 6) is 0.335. The molecule has 0 fully saturated rings. The molecule has 1 atom stereocenters. The van der Waals surface area contributed by atoms with Crippen molar-refractivity contribution in [2.75, 3.05) is 6.61 Å². The van der Waals surface area contributed by atoms with Gasteiger partial charge in [0.05, 0.1) is 6.61 Å². The predicted molar refractivity (Wildman–Crippen MR) is 123 cm³/mol. The topological polar surface area (TPSA) is 46.5 Å². The highest BCUT2D eigenvalue weighted by molar-refractivity contribution is 6.98. The first kappa shape index (κ1) is 23.4. The molecule has 0 saturated heterocycles. The molecular weight excluding hydrogens is 376 g/mol. The van der Waals surface area contributed by atoms with Crippen molar-refractivity contribution in [3.63, 3.8) is 0 Å². The van der Waals surface area contributed by atoms with Crippen molar-refractivity contribution in [1.29, 1.82) is 0 Å². The normalized spacial score (nSPS) is 13.1. The van der Waals surface area contributed by atoms with Crippen molar-refractivity contribution >= 4 is 24.7 Å². The number of hydrogen-bond acceptors (Lipinski definition) is 3. The zero-order valence-corrected chi connectivity index (χ0v) is 19.4. The van der Waals surface area contributed by atoms with Crippen molar-refractivity contribution in [2.45, 2.75) is 64.8 Å². The number of rotatable bonds is 11. The third-order valence-electron chi connectivity index (χ3n) is 6.03. The van der Waals surface area contributed by atoms with Gasteiger partial charge in [-0.1, -0.05) is 101 Å². The second kappa shape index (κ2) is 10.7. The standard InChI is InChI=1S/C25H36O3Si/c1-21(18-20-28-22(2)26)13-11-12-19-25(3,4)29(27,23-14-7-5-8-15-23)24-16-9-6-10-17-24/h5-10,14-17,21,27H,11-13,18-20H2,1-4H3/t21-/m0/s1. The van der Waals surface area contributed by atoms with Gasteiger partial charge in [-0.2, -0.15) is 0 Å². The number of carbonyl (C=O) groups is 1. The van der Waals surface area contributed by atoms with Gasteiger partial charge in [0.15, 0.2) is 0 Å². The van der Waals surface area contributed by atoms with Gasteiger partial charge in [-0.05, 0) is 34.2 Å². The van der Waals surface area contributed by atoms with Gasteiger partial charge in [-0.15, -0.1) is 0 Å². The minimum absolute atomic E-state index is 0.184. The second-order valence-electron chi connectivity index (χ2n) is 8.81. The number of unbranched alkanes of at least 4 members (excludes halogenated alkanes) is 1. The zero-order chi connectivity index (χ0) is 21.3. The molecule has 0 aliphatic heterocycles. The highest BCUT2D eigenvalue weighted by Crippen LogP contribution is 2.40. The summed E-state index contributed by atoms with van der Waals surface area (Å²) in [5.41, 5.74) is 0. The van der Waals surface area contributed by atoms with Gasteiger partial charge in [0, 0.05) is 6.92 Å². The summed E-state index contributed by atoms with van der Waals surface area (Å²) in [4.78, 5) is 23.0. The second-order valence-corrected chi connectivity index (χ2v) is 12.7. The molecule has 4 heteroatoms. The molecule has 3 nitrogen and oxygen atoms in total. The summed E-state index contributed by atoms with van der Waals surface area (Å²) >= 11 is 0. The number of carbonyl (C=O) groups excluding carboxylic acids is 1. The van der Waals surface area contributed by atoms with Crippen LogP contribution in [-0.2, 0) is 9.53 Å². The van der Waals surface area contributed by atoms with E-state index in [9.17, 15) is 9.59 Å². The lowest BCUT2D eigenvalue weighted by Gasteiger charge is -2.41. The van der Waals surface area contributed by atoms with Gasteiger partial charge < -0.3 is 9.53 Å². The Labute approximate surface area is 177 Å². The molecule has 0 aliphatic carbocycles. The highest BCUT2D eigenvalue weighted by Gasteiger charge is 2.49. The average Bonchev–Trinajstić information content (AvgIpc) is 2.71. The quantitative estimate of drug-likeness (QED) is 0.331. The molecule has 1 N–H and O–H groups in total. The van der Waals surface area contributed by atoms with Crippen LogP contribution in [0.1, 0.15) is 59.8 Å². The Morgan fingerprint density at radius 1 is 0.966 bits per heavy atom. The largest absolute Gasteiger partial charge is 0.466 e. The first-order valence-corrected chi connectivity index (χ1v) is 12.7. The maximum absolute atomic E-state index is 12.1. The Bertz CT molecular complexity index is 704. The minimum atomic E-state index is -2.90. The summed E-state index contributed by atoms with van der Waals surface area (Å²) in [6, 6.07) is 20.4. The van der Waals surface area contributed by atoms with Crippen molar-refractivity contribution in [2.24, 2.45) is 5.92 Å². The molecule has 29 heavy (non-hydrogen) atoms. The fraction of sp³-hybridized carbons (Fsp3) is 0.480. The number of hydrogen-bond donors (Lipinski definition) is 1. The molecule has 0 aliphatic rings. The monoisotopic (exact) mass is 412 g/mol. The Hall–Kier alpha value is -1.91. The third kappa shape index (κ3) is 6.28. The fourth-order valence-electron chi connectivity index (χ4n) is 4.10. The third-order valence-corrected chi connectivity index (χ3v) is 10.6.